The molecule has 4 heteroatoms. The SMILES string of the molecule is CC(C)(C)CCNC(=O)COc1ccccc1C#N. The fourth-order valence-corrected chi connectivity index (χ4v) is 1.46. The summed E-state index contributed by atoms with van der Waals surface area (Å²) in [5.41, 5.74) is 0.631. The van der Waals surface area contributed by atoms with Gasteiger partial charge in [-0.3, -0.25) is 4.79 Å². The first kappa shape index (κ1) is 15.0. The van der Waals surface area contributed by atoms with Crippen molar-refractivity contribution in [2.24, 2.45) is 5.41 Å². The molecule has 19 heavy (non-hydrogen) atoms. The Hall–Kier alpha value is -2.02. The zero-order valence-electron chi connectivity index (χ0n) is 11.7. The second kappa shape index (κ2) is 6.79. The Morgan fingerprint density at radius 3 is 2.68 bits per heavy atom. The number of hydrogen-bond donors (Lipinski definition) is 1. The highest BCUT2D eigenvalue weighted by Gasteiger charge is 2.11. The van der Waals surface area contributed by atoms with Gasteiger partial charge in [-0.25, -0.2) is 0 Å². The molecule has 1 amide bonds. The summed E-state index contributed by atoms with van der Waals surface area (Å²) in [7, 11) is 0. The largest absolute Gasteiger partial charge is 0.482 e. The van der Waals surface area contributed by atoms with Crippen molar-refractivity contribution >= 4 is 5.91 Å². The Morgan fingerprint density at radius 1 is 1.37 bits per heavy atom. The van der Waals surface area contributed by atoms with Gasteiger partial charge in [-0.15, -0.1) is 0 Å². The van der Waals surface area contributed by atoms with Crippen LogP contribution in [0.15, 0.2) is 24.3 Å². The number of nitriles is 1. The van der Waals surface area contributed by atoms with Crippen LogP contribution in [0.2, 0.25) is 0 Å². The standard InChI is InChI=1S/C15H20N2O2/c1-15(2,3)8-9-17-14(18)11-19-13-7-5-4-6-12(13)10-16/h4-7H,8-9,11H2,1-3H3,(H,17,18). The number of carbonyl (C=O) groups is 1. The zero-order chi connectivity index (χ0) is 14.3. The molecule has 0 aliphatic rings. The minimum atomic E-state index is -0.169. The molecule has 0 bridgehead atoms. The van der Waals surface area contributed by atoms with Crippen LogP contribution in [0.25, 0.3) is 0 Å². The van der Waals surface area contributed by atoms with Gasteiger partial charge in [0.15, 0.2) is 6.61 Å². The van der Waals surface area contributed by atoms with Gasteiger partial charge in [-0.1, -0.05) is 32.9 Å². The molecule has 1 N–H and O–H groups in total. The lowest BCUT2D eigenvalue weighted by Crippen LogP contribution is -2.31. The van der Waals surface area contributed by atoms with Gasteiger partial charge in [-0.2, -0.15) is 5.26 Å². The molecule has 0 unspecified atom stereocenters. The smallest absolute Gasteiger partial charge is 0.257 e. The minimum absolute atomic E-state index is 0.0666. The summed E-state index contributed by atoms with van der Waals surface area (Å²) in [6.07, 6.45) is 0.910. The molecular weight excluding hydrogens is 240 g/mol. The van der Waals surface area contributed by atoms with E-state index in [4.69, 9.17) is 10.00 Å². The van der Waals surface area contributed by atoms with E-state index in [-0.39, 0.29) is 17.9 Å². The van der Waals surface area contributed by atoms with Crippen molar-refractivity contribution in [1.82, 2.24) is 5.32 Å². The van der Waals surface area contributed by atoms with Crippen LogP contribution in [0.3, 0.4) is 0 Å². The maximum Gasteiger partial charge on any atom is 0.257 e. The van der Waals surface area contributed by atoms with Crippen LogP contribution in [0.4, 0.5) is 0 Å². The molecule has 1 aromatic rings. The van der Waals surface area contributed by atoms with Gasteiger partial charge in [0, 0.05) is 6.54 Å². The summed E-state index contributed by atoms with van der Waals surface area (Å²) >= 11 is 0. The Kier molecular flexibility index (Phi) is 5.37. The molecule has 0 aromatic heterocycles. The van der Waals surface area contributed by atoms with Crippen LogP contribution < -0.4 is 10.1 Å². The Morgan fingerprint density at radius 2 is 2.05 bits per heavy atom. The zero-order valence-corrected chi connectivity index (χ0v) is 11.7. The first-order chi connectivity index (χ1) is 8.92. The van der Waals surface area contributed by atoms with E-state index in [1.807, 2.05) is 6.07 Å². The van der Waals surface area contributed by atoms with E-state index in [1.54, 1.807) is 24.3 Å². The summed E-state index contributed by atoms with van der Waals surface area (Å²) in [5, 5.41) is 11.7. The van der Waals surface area contributed by atoms with Crippen LogP contribution in [0.1, 0.15) is 32.8 Å². The molecule has 4 nitrogen and oxygen atoms in total. The normalized spacial score (nSPS) is 10.6. The fraction of sp³-hybridized carbons (Fsp3) is 0.467. The summed E-state index contributed by atoms with van der Waals surface area (Å²) in [5.74, 6) is 0.271. The fourth-order valence-electron chi connectivity index (χ4n) is 1.46. The van der Waals surface area contributed by atoms with E-state index in [9.17, 15) is 4.79 Å². The van der Waals surface area contributed by atoms with E-state index >= 15 is 0 Å². The first-order valence-corrected chi connectivity index (χ1v) is 6.31. The maximum absolute atomic E-state index is 11.6. The van der Waals surface area contributed by atoms with E-state index in [0.717, 1.165) is 6.42 Å². The molecule has 0 heterocycles. The molecule has 0 fully saturated rings. The lowest BCUT2D eigenvalue weighted by Gasteiger charge is -2.18. The first-order valence-electron chi connectivity index (χ1n) is 6.31. The molecule has 0 aliphatic carbocycles. The summed E-state index contributed by atoms with van der Waals surface area (Å²) in [6, 6.07) is 8.90. The molecule has 102 valence electrons. The van der Waals surface area contributed by atoms with E-state index < -0.39 is 0 Å². The van der Waals surface area contributed by atoms with Gasteiger partial charge < -0.3 is 10.1 Å². The number of amides is 1. The lowest BCUT2D eigenvalue weighted by atomic mass is 9.92. The predicted octanol–water partition coefficient (Wildman–Crippen LogP) is 2.49. The average Bonchev–Trinajstić information content (AvgIpc) is 2.35. The van der Waals surface area contributed by atoms with Crippen LogP contribution in [0.5, 0.6) is 5.75 Å². The monoisotopic (exact) mass is 260 g/mol. The summed E-state index contributed by atoms with van der Waals surface area (Å²) in [4.78, 5) is 11.6. The second-order valence-corrected chi connectivity index (χ2v) is 5.56. The van der Waals surface area contributed by atoms with Crippen molar-refractivity contribution in [3.05, 3.63) is 29.8 Å². The maximum atomic E-state index is 11.6. The number of nitrogens with zero attached hydrogens (tertiary/aromatic N) is 1. The van der Waals surface area contributed by atoms with Crippen molar-refractivity contribution in [2.75, 3.05) is 13.2 Å². The third-order valence-electron chi connectivity index (χ3n) is 2.56. The third-order valence-corrected chi connectivity index (χ3v) is 2.56. The number of rotatable bonds is 5. The third kappa shape index (κ3) is 5.91. The van der Waals surface area contributed by atoms with Gasteiger partial charge >= 0.3 is 0 Å². The lowest BCUT2D eigenvalue weighted by molar-refractivity contribution is -0.123. The van der Waals surface area contributed by atoms with E-state index in [2.05, 4.69) is 26.1 Å². The Labute approximate surface area is 114 Å². The van der Waals surface area contributed by atoms with Crippen molar-refractivity contribution in [1.29, 1.82) is 5.26 Å². The number of carbonyl (C=O) groups excluding carboxylic acids is 1. The topological polar surface area (TPSA) is 62.1 Å². The number of ether oxygens (including phenoxy) is 1. The van der Waals surface area contributed by atoms with Crippen molar-refractivity contribution in [3.8, 4) is 11.8 Å². The number of hydrogen-bond acceptors (Lipinski definition) is 3. The molecule has 0 saturated heterocycles. The van der Waals surface area contributed by atoms with Gasteiger partial charge in [0.1, 0.15) is 11.8 Å². The van der Waals surface area contributed by atoms with Crippen molar-refractivity contribution in [2.45, 2.75) is 27.2 Å². The van der Waals surface area contributed by atoms with Crippen molar-refractivity contribution < 1.29 is 9.53 Å². The Bertz CT molecular complexity index is 470. The van der Waals surface area contributed by atoms with Crippen LogP contribution in [0, 0.1) is 16.7 Å². The van der Waals surface area contributed by atoms with E-state index in [1.165, 1.54) is 0 Å². The average molecular weight is 260 g/mol. The van der Waals surface area contributed by atoms with Gasteiger partial charge in [0.25, 0.3) is 5.91 Å². The quantitative estimate of drug-likeness (QED) is 0.884. The highest BCUT2D eigenvalue weighted by atomic mass is 16.5. The highest BCUT2D eigenvalue weighted by Crippen LogP contribution is 2.17. The second-order valence-electron chi connectivity index (χ2n) is 5.56. The number of para-hydroxylation sites is 1. The van der Waals surface area contributed by atoms with Crippen molar-refractivity contribution in [3.63, 3.8) is 0 Å². The molecule has 0 atom stereocenters. The molecule has 0 saturated carbocycles. The molecule has 0 radical (unpaired) electrons. The number of nitrogens with one attached hydrogen (secondary N) is 1. The molecule has 1 rings (SSSR count). The van der Waals surface area contributed by atoms with Crippen LogP contribution in [-0.2, 0) is 4.79 Å². The number of benzene rings is 1. The molecular formula is C15H20N2O2. The molecule has 0 aliphatic heterocycles. The van der Waals surface area contributed by atoms with Gasteiger partial charge in [-0.05, 0) is 24.0 Å². The van der Waals surface area contributed by atoms with Gasteiger partial charge in [0.05, 0.1) is 5.56 Å². The van der Waals surface area contributed by atoms with E-state index in [0.29, 0.717) is 17.9 Å². The Balaban J connectivity index is 2.37. The summed E-state index contributed by atoms with van der Waals surface area (Å²) in [6.45, 7) is 6.94. The van der Waals surface area contributed by atoms with Gasteiger partial charge in [0.2, 0.25) is 0 Å². The molecule has 0 spiro atoms. The van der Waals surface area contributed by atoms with Crippen LogP contribution in [-0.4, -0.2) is 19.1 Å². The van der Waals surface area contributed by atoms with Crippen LogP contribution >= 0.6 is 0 Å². The molecule has 1 aromatic carbocycles. The predicted molar refractivity (Wildman–Crippen MR) is 73.7 cm³/mol. The minimum Gasteiger partial charge on any atom is -0.482 e. The summed E-state index contributed by atoms with van der Waals surface area (Å²) < 4.78 is 5.34. The highest BCUT2D eigenvalue weighted by molar-refractivity contribution is 5.77.